The van der Waals surface area contributed by atoms with Crippen LogP contribution in [0.5, 0.6) is 5.75 Å². The van der Waals surface area contributed by atoms with E-state index in [1.807, 2.05) is 68.4 Å². The van der Waals surface area contributed by atoms with Crippen molar-refractivity contribution in [1.29, 1.82) is 0 Å². The molecule has 36 heavy (non-hydrogen) atoms. The zero-order valence-corrected chi connectivity index (χ0v) is 21.1. The number of rotatable bonds is 11. The predicted octanol–water partition coefficient (Wildman–Crippen LogP) is 3.59. The molecule has 0 saturated heterocycles. The number of hydrogen-bond acceptors (Lipinski definition) is 7. The predicted molar refractivity (Wildman–Crippen MR) is 138 cm³/mol. The van der Waals surface area contributed by atoms with Crippen molar-refractivity contribution >= 4 is 22.1 Å². The van der Waals surface area contributed by atoms with Crippen molar-refractivity contribution in [3.8, 4) is 5.75 Å². The molecule has 0 spiro atoms. The van der Waals surface area contributed by atoms with Crippen LogP contribution in [0, 0.1) is 0 Å². The minimum Gasteiger partial charge on any atom is -0.506 e. The van der Waals surface area contributed by atoms with Crippen LogP contribution in [0.1, 0.15) is 42.2 Å². The third-order valence-electron chi connectivity index (χ3n) is 5.67. The average molecular weight is 510 g/mol. The van der Waals surface area contributed by atoms with E-state index in [1.165, 1.54) is 18.2 Å². The molecule has 0 fully saturated rings. The van der Waals surface area contributed by atoms with Crippen molar-refractivity contribution in [2.45, 2.75) is 44.9 Å². The molecular formula is C27H31N3O5S. The monoisotopic (exact) mass is 509 g/mol. The first-order valence-corrected chi connectivity index (χ1v) is 12.6. The Kier molecular flexibility index (Phi) is 9.35. The van der Waals surface area contributed by atoms with Crippen LogP contribution in [0.15, 0.2) is 77.2 Å². The van der Waals surface area contributed by atoms with Crippen LogP contribution < -0.4 is 10.6 Å². The van der Waals surface area contributed by atoms with Crippen molar-refractivity contribution in [3.05, 3.63) is 95.1 Å². The SMILES string of the molecule is CC(C)(Cc1cccc(CC(=O)NCc2ccccc2)c1)NC[C@H](O)c1ccc(O)c(N=S(=O)=O)c1. The molecule has 0 saturated carbocycles. The molecule has 3 aromatic rings. The molecule has 0 unspecified atom stereocenters. The van der Waals surface area contributed by atoms with Gasteiger partial charge in [-0.2, -0.15) is 8.42 Å². The summed E-state index contributed by atoms with van der Waals surface area (Å²) in [5.41, 5.74) is 2.96. The summed E-state index contributed by atoms with van der Waals surface area (Å²) in [6.45, 7) is 4.72. The molecule has 8 nitrogen and oxygen atoms in total. The summed E-state index contributed by atoms with van der Waals surface area (Å²) in [4.78, 5) is 12.4. The normalized spacial score (nSPS) is 12.1. The van der Waals surface area contributed by atoms with Crippen LogP contribution in [0.3, 0.4) is 0 Å². The fourth-order valence-corrected chi connectivity index (χ4v) is 4.17. The summed E-state index contributed by atoms with van der Waals surface area (Å²) in [5, 5.41) is 26.6. The van der Waals surface area contributed by atoms with E-state index >= 15 is 0 Å². The highest BCUT2D eigenvalue weighted by molar-refractivity contribution is 7.61. The minimum absolute atomic E-state index is 0.0441. The van der Waals surface area contributed by atoms with Crippen LogP contribution in [0.2, 0.25) is 0 Å². The number of amides is 1. The molecule has 0 bridgehead atoms. The molecular weight excluding hydrogens is 478 g/mol. The number of hydrogen-bond donors (Lipinski definition) is 4. The number of aliphatic hydroxyl groups is 1. The van der Waals surface area contributed by atoms with Gasteiger partial charge in [-0.05, 0) is 54.7 Å². The zero-order chi connectivity index (χ0) is 26.1. The van der Waals surface area contributed by atoms with E-state index < -0.39 is 16.6 Å². The molecule has 0 aromatic heterocycles. The number of β-amino-alcohol motifs (C(OH)–C–C–N with tert-alkyl or cyclic N) is 1. The summed E-state index contributed by atoms with van der Waals surface area (Å²) >= 11 is 0. The fraction of sp³-hybridized carbons (Fsp3) is 0.296. The molecule has 0 aliphatic carbocycles. The second kappa shape index (κ2) is 12.4. The Labute approximate surface area is 212 Å². The number of aromatic hydroxyl groups is 1. The van der Waals surface area contributed by atoms with E-state index in [9.17, 15) is 23.4 Å². The van der Waals surface area contributed by atoms with Gasteiger partial charge in [0, 0.05) is 18.6 Å². The van der Waals surface area contributed by atoms with Crippen LogP contribution in [-0.2, 0) is 34.7 Å². The Balaban J connectivity index is 1.55. The first-order valence-electron chi connectivity index (χ1n) is 11.6. The molecule has 3 aromatic carbocycles. The number of phenolic OH excluding ortho intramolecular Hbond substituents is 1. The van der Waals surface area contributed by atoms with Gasteiger partial charge in [-0.25, -0.2) is 0 Å². The average Bonchev–Trinajstić information content (AvgIpc) is 2.83. The summed E-state index contributed by atoms with van der Waals surface area (Å²) in [6.07, 6.45) is 0.0127. The van der Waals surface area contributed by atoms with Crippen LogP contribution in [0.4, 0.5) is 5.69 Å². The number of carbonyl (C=O) groups is 1. The van der Waals surface area contributed by atoms with E-state index in [4.69, 9.17) is 0 Å². The Morgan fingerprint density at radius 1 is 0.972 bits per heavy atom. The van der Waals surface area contributed by atoms with E-state index in [2.05, 4.69) is 15.0 Å². The minimum atomic E-state index is -2.71. The van der Waals surface area contributed by atoms with Crippen LogP contribution in [0.25, 0.3) is 0 Å². The lowest BCUT2D eigenvalue weighted by atomic mass is 9.93. The van der Waals surface area contributed by atoms with Crippen LogP contribution >= 0.6 is 0 Å². The highest BCUT2D eigenvalue weighted by Crippen LogP contribution is 2.29. The molecule has 9 heteroatoms. The Morgan fingerprint density at radius 2 is 1.67 bits per heavy atom. The molecule has 3 rings (SSSR count). The van der Waals surface area contributed by atoms with E-state index in [0.29, 0.717) is 18.5 Å². The Hall–Kier alpha value is -3.53. The number of aliphatic hydroxyl groups excluding tert-OH is 1. The lowest BCUT2D eigenvalue weighted by molar-refractivity contribution is -0.120. The third-order valence-corrected chi connectivity index (χ3v) is 6.01. The second-order valence-electron chi connectivity index (χ2n) is 9.27. The van der Waals surface area contributed by atoms with E-state index in [1.54, 1.807) is 0 Å². The van der Waals surface area contributed by atoms with Gasteiger partial charge in [0.1, 0.15) is 11.4 Å². The van der Waals surface area contributed by atoms with E-state index in [0.717, 1.165) is 16.7 Å². The Bertz CT molecular complexity index is 1320. The van der Waals surface area contributed by atoms with Gasteiger partial charge in [0.05, 0.1) is 12.5 Å². The second-order valence-corrected chi connectivity index (χ2v) is 9.89. The topological polar surface area (TPSA) is 128 Å². The first kappa shape index (κ1) is 27.1. The van der Waals surface area contributed by atoms with Crippen molar-refractivity contribution in [2.24, 2.45) is 4.36 Å². The van der Waals surface area contributed by atoms with Gasteiger partial charge >= 0.3 is 10.5 Å². The largest absolute Gasteiger partial charge is 0.506 e. The molecule has 4 N–H and O–H groups in total. The molecule has 1 atom stereocenters. The van der Waals surface area contributed by atoms with Gasteiger partial charge in [0.25, 0.3) is 0 Å². The first-order chi connectivity index (χ1) is 17.1. The van der Waals surface area contributed by atoms with Crippen molar-refractivity contribution in [2.75, 3.05) is 6.54 Å². The molecule has 0 heterocycles. The molecule has 0 radical (unpaired) electrons. The molecule has 0 aliphatic heterocycles. The zero-order valence-electron chi connectivity index (χ0n) is 20.3. The number of carbonyl (C=O) groups excluding carboxylic acids is 1. The van der Waals surface area contributed by atoms with Crippen molar-refractivity contribution < 1.29 is 23.4 Å². The lowest BCUT2D eigenvalue weighted by Gasteiger charge is -2.28. The highest BCUT2D eigenvalue weighted by Gasteiger charge is 2.21. The smallest absolute Gasteiger partial charge is 0.316 e. The number of nitrogens with zero attached hydrogens (tertiary/aromatic N) is 1. The van der Waals surface area contributed by atoms with Gasteiger partial charge in [0.2, 0.25) is 5.91 Å². The van der Waals surface area contributed by atoms with Gasteiger partial charge in [-0.15, -0.1) is 4.36 Å². The molecule has 190 valence electrons. The van der Waals surface area contributed by atoms with Crippen molar-refractivity contribution in [1.82, 2.24) is 10.6 Å². The van der Waals surface area contributed by atoms with Gasteiger partial charge in [-0.1, -0.05) is 60.7 Å². The maximum Gasteiger partial charge on any atom is 0.316 e. The maximum absolute atomic E-state index is 12.4. The standard InChI is InChI=1S/C27H31N3O5S/c1-27(2,29-18-25(32)22-11-12-24(31)23(15-22)30-36(34)35)16-21-10-6-9-20(13-21)14-26(33)28-17-19-7-4-3-5-8-19/h3-13,15,25,29,31-32H,14,16-18H2,1-2H3,(H,28,33)/t25-/m0/s1. The van der Waals surface area contributed by atoms with E-state index in [-0.39, 0.29) is 35.8 Å². The summed E-state index contributed by atoms with van der Waals surface area (Å²) in [6, 6.07) is 21.8. The van der Waals surface area contributed by atoms with Crippen molar-refractivity contribution in [3.63, 3.8) is 0 Å². The lowest BCUT2D eigenvalue weighted by Crippen LogP contribution is -2.43. The summed E-state index contributed by atoms with van der Waals surface area (Å²) in [7, 11) is -2.71. The van der Waals surface area contributed by atoms with Gasteiger partial charge in [0.15, 0.2) is 0 Å². The molecule has 1 amide bonds. The van der Waals surface area contributed by atoms with Gasteiger partial charge < -0.3 is 20.8 Å². The number of benzene rings is 3. The Morgan fingerprint density at radius 3 is 2.39 bits per heavy atom. The summed E-state index contributed by atoms with van der Waals surface area (Å²) in [5.74, 6) is -0.325. The number of phenols is 1. The fourth-order valence-electron chi connectivity index (χ4n) is 3.86. The highest BCUT2D eigenvalue weighted by atomic mass is 32.2. The molecule has 0 aliphatic rings. The third kappa shape index (κ3) is 8.60. The summed E-state index contributed by atoms with van der Waals surface area (Å²) < 4.78 is 25.0. The quantitative estimate of drug-likeness (QED) is 0.313. The van der Waals surface area contributed by atoms with Crippen LogP contribution in [-0.4, -0.2) is 36.6 Å². The number of nitrogens with one attached hydrogen (secondary N) is 2. The van der Waals surface area contributed by atoms with Gasteiger partial charge in [-0.3, -0.25) is 4.79 Å². The maximum atomic E-state index is 12.4.